The molecule has 2 aromatic rings. The second kappa shape index (κ2) is 5.75. The molecule has 0 spiro atoms. The van der Waals surface area contributed by atoms with Crippen LogP contribution in [-0.4, -0.2) is 5.78 Å². The summed E-state index contributed by atoms with van der Waals surface area (Å²) < 4.78 is 0. The van der Waals surface area contributed by atoms with Crippen LogP contribution in [0.25, 0.3) is 0 Å². The van der Waals surface area contributed by atoms with Crippen LogP contribution in [0, 0.1) is 0 Å². The van der Waals surface area contributed by atoms with Gasteiger partial charge in [0.15, 0.2) is 5.78 Å². The summed E-state index contributed by atoms with van der Waals surface area (Å²) in [4.78, 5) is 12.0. The van der Waals surface area contributed by atoms with Crippen molar-refractivity contribution in [2.24, 2.45) is 0 Å². The van der Waals surface area contributed by atoms with Crippen LogP contribution in [0.1, 0.15) is 15.9 Å². The van der Waals surface area contributed by atoms with E-state index in [1.807, 2.05) is 12.1 Å². The largest absolute Gasteiger partial charge is 0.294 e. The Morgan fingerprint density at radius 2 is 1.56 bits per heavy atom. The first-order valence-corrected chi connectivity index (χ1v) is 6.42. The molecule has 0 atom stereocenters. The minimum absolute atomic E-state index is 0.00381. The zero-order valence-corrected chi connectivity index (χ0v) is 11.6. The summed E-state index contributed by atoms with van der Waals surface area (Å²) >= 11 is 17.5. The van der Waals surface area contributed by atoms with Gasteiger partial charge in [-0.3, -0.25) is 4.79 Å². The summed E-state index contributed by atoms with van der Waals surface area (Å²) in [5, 5.41) is 1.49. The Balaban J connectivity index is 2.16. The lowest BCUT2D eigenvalue weighted by atomic mass is 10.0. The molecule has 0 bridgehead atoms. The Labute approximate surface area is 120 Å². The molecule has 18 heavy (non-hydrogen) atoms. The van der Waals surface area contributed by atoms with E-state index in [0.29, 0.717) is 27.1 Å². The van der Waals surface area contributed by atoms with E-state index in [4.69, 9.17) is 34.8 Å². The lowest BCUT2D eigenvalue weighted by molar-refractivity contribution is 0.0993. The number of carbonyl (C=O) groups excluding carboxylic acids is 1. The number of ketones is 1. The number of rotatable bonds is 3. The highest BCUT2D eigenvalue weighted by Gasteiger charge is 2.09. The molecule has 0 amide bonds. The quantitative estimate of drug-likeness (QED) is 0.723. The van der Waals surface area contributed by atoms with E-state index in [0.717, 1.165) is 5.56 Å². The van der Waals surface area contributed by atoms with Crippen LogP contribution in [-0.2, 0) is 6.42 Å². The summed E-state index contributed by atoms with van der Waals surface area (Å²) in [7, 11) is 0. The van der Waals surface area contributed by atoms with Gasteiger partial charge in [-0.15, -0.1) is 0 Å². The van der Waals surface area contributed by atoms with E-state index >= 15 is 0 Å². The maximum absolute atomic E-state index is 12.0. The maximum atomic E-state index is 12.0. The zero-order valence-electron chi connectivity index (χ0n) is 9.29. The fourth-order valence-corrected chi connectivity index (χ4v) is 1.98. The van der Waals surface area contributed by atoms with Crippen LogP contribution >= 0.6 is 34.8 Å². The van der Waals surface area contributed by atoms with Gasteiger partial charge < -0.3 is 0 Å². The minimum atomic E-state index is -0.00381. The van der Waals surface area contributed by atoms with E-state index in [2.05, 4.69) is 0 Å². The molecule has 0 fully saturated rings. The van der Waals surface area contributed by atoms with Crippen molar-refractivity contribution in [1.29, 1.82) is 0 Å². The number of carbonyl (C=O) groups is 1. The van der Waals surface area contributed by atoms with E-state index in [1.54, 1.807) is 30.3 Å². The summed E-state index contributed by atoms with van der Waals surface area (Å²) in [6.45, 7) is 0. The number of Topliss-reactive ketones (excluding diaryl/α,β-unsaturated/α-hetero) is 1. The molecule has 0 aromatic heterocycles. The second-order valence-corrected chi connectivity index (χ2v) is 5.11. The van der Waals surface area contributed by atoms with Crippen LogP contribution in [0.15, 0.2) is 42.5 Å². The first-order valence-electron chi connectivity index (χ1n) is 5.29. The lowest BCUT2D eigenvalue weighted by Crippen LogP contribution is -2.03. The summed E-state index contributed by atoms with van der Waals surface area (Å²) in [5.41, 5.74) is 1.47. The van der Waals surface area contributed by atoms with Gasteiger partial charge in [0, 0.05) is 17.0 Å². The lowest BCUT2D eigenvalue weighted by Gasteiger charge is -2.03. The predicted octanol–water partition coefficient (Wildman–Crippen LogP) is 5.07. The first-order chi connectivity index (χ1) is 8.56. The minimum Gasteiger partial charge on any atom is -0.294 e. The van der Waals surface area contributed by atoms with Gasteiger partial charge in [-0.05, 0) is 35.9 Å². The maximum Gasteiger partial charge on any atom is 0.167 e. The van der Waals surface area contributed by atoms with Gasteiger partial charge >= 0.3 is 0 Å². The van der Waals surface area contributed by atoms with Gasteiger partial charge in [0.05, 0.1) is 10.0 Å². The number of benzene rings is 2. The Morgan fingerprint density at radius 3 is 2.17 bits per heavy atom. The third-order valence-electron chi connectivity index (χ3n) is 2.52. The van der Waals surface area contributed by atoms with Crippen molar-refractivity contribution >= 4 is 40.6 Å². The Morgan fingerprint density at radius 1 is 0.889 bits per heavy atom. The highest BCUT2D eigenvalue weighted by atomic mass is 35.5. The third-order valence-corrected chi connectivity index (χ3v) is 3.51. The third kappa shape index (κ3) is 3.26. The molecule has 92 valence electrons. The summed E-state index contributed by atoms with van der Waals surface area (Å²) in [5.74, 6) is -0.00381. The molecule has 0 saturated carbocycles. The summed E-state index contributed by atoms with van der Waals surface area (Å²) in [6, 6.07) is 12.1. The molecular weight excluding hydrogens is 291 g/mol. The van der Waals surface area contributed by atoms with Crippen LogP contribution in [0.3, 0.4) is 0 Å². The monoisotopic (exact) mass is 298 g/mol. The van der Waals surface area contributed by atoms with E-state index in [1.165, 1.54) is 0 Å². The van der Waals surface area contributed by atoms with Crippen LogP contribution in [0.4, 0.5) is 0 Å². The van der Waals surface area contributed by atoms with Gasteiger partial charge in [0.1, 0.15) is 0 Å². The molecule has 4 heteroatoms. The van der Waals surface area contributed by atoms with E-state index in [-0.39, 0.29) is 5.78 Å². The number of halogens is 3. The van der Waals surface area contributed by atoms with Crippen molar-refractivity contribution in [2.45, 2.75) is 6.42 Å². The molecule has 0 aliphatic carbocycles. The number of hydrogen-bond acceptors (Lipinski definition) is 1. The molecule has 1 nitrogen and oxygen atoms in total. The van der Waals surface area contributed by atoms with Crippen LogP contribution < -0.4 is 0 Å². The molecule has 0 radical (unpaired) electrons. The molecule has 0 heterocycles. The van der Waals surface area contributed by atoms with Crippen molar-refractivity contribution < 1.29 is 4.79 Å². The molecular formula is C14H9Cl3O. The van der Waals surface area contributed by atoms with Gasteiger partial charge in [0.2, 0.25) is 0 Å². The Bertz CT molecular complexity index is 576. The Hall–Kier alpha value is -1.02. The second-order valence-electron chi connectivity index (χ2n) is 3.86. The Kier molecular flexibility index (Phi) is 4.28. The van der Waals surface area contributed by atoms with Gasteiger partial charge in [-0.25, -0.2) is 0 Å². The number of hydrogen-bond donors (Lipinski definition) is 0. The van der Waals surface area contributed by atoms with Crippen molar-refractivity contribution in [3.63, 3.8) is 0 Å². The highest BCUT2D eigenvalue weighted by Crippen LogP contribution is 2.23. The predicted molar refractivity (Wildman–Crippen MR) is 75.9 cm³/mol. The highest BCUT2D eigenvalue weighted by molar-refractivity contribution is 6.42. The average Bonchev–Trinajstić information content (AvgIpc) is 2.35. The molecule has 0 aliphatic heterocycles. The van der Waals surface area contributed by atoms with Gasteiger partial charge in [-0.2, -0.15) is 0 Å². The fourth-order valence-electron chi connectivity index (χ4n) is 1.56. The molecule has 0 aliphatic rings. The standard InChI is InChI=1S/C14H9Cl3O/c15-11-4-1-9(2-5-11)7-14(18)10-3-6-12(16)13(17)8-10/h1-6,8H,7H2. The van der Waals surface area contributed by atoms with Crippen molar-refractivity contribution in [3.8, 4) is 0 Å². The average molecular weight is 300 g/mol. The smallest absolute Gasteiger partial charge is 0.167 e. The fraction of sp³-hybridized carbons (Fsp3) is 0.0714. The van der Waals surface area contributed by atoms with E-state index in [9.17, 15) is 4.79 Å². The van der Waals surface area contributed by atoms with Gasteiger partial charge in [0.25, 0.3) is 0 Å². The topological polar surface area (TPSA) is 17.1 Å². The molecule has 2 aromatic carbocycles. The van der Waals surface area contributed by atoms with Crippen molar-refractivity contribution in [3.05, 3.63) is 68.7 Å². The zero-order chi connectivity index (χ0) is 13.1. The molecule has 0 unspecified atom stereocenters. The summed E-state index contributed by atoms with van der Waals surface area (Å²) in [6.07, 6.45) is 0.315. The first kappa shape index (κ1) is 13.4. The van der Waals surface area contributed by atoms with E-state index < -0.39 is 0 Å². The van der Waals surface area contributed by atoms with Gasteiger partial charge in [-0.1, -0.05) is 46.9 Å². The molecule has 0 N–H and O–H groups in total. The normalized spacial score (nSPS) is 10.4. The SMILES string of the molecule is O=C(Cc1ccc(Cl)cc1)c1ccc(Cl)c(Cl)c1. The van der Waals surface area contributed by atoms with Crippen molar-refractivity contribution in [1.82, 2.24) is 0 Å². The molecule has 2 rings (SSSR count). The molecule has 0 saturated heterocycles. The van der Waals surface area contributed by atoms with Crippen molar-refractivity contribution in [2.75, 3.05) is 0 Å². The van der Waals surface area contributed by atoms with Crippen LogP contribution in [0.2, 0.25) is 15.1 Å². The van der Waals surface area contributed by atoms with Crippen LogP contribution in [0.5, 0.6) is 0 Å².